The van der Waals surface area contributed by atoms with E-state index in [1.807, 2.05) is 12.1 Å². The van der Waals surface area contributed by atoms with E-state index < -0.39 is 0 Å². The highest BCUT2D eigenvalue weighted by atomic mass is 127. The van der Waals surface area contributed by atoms with Gasteiger partial charge in [-0.15, -0.1) is 0 Å². The first-order valence-electron chi connectivity index (χ1n) is 5.42. The van der Waals surface area contributed by atoms with Crippen molar-refractivity contribution in [3.05, 3.63) is 33.1 Å². The van der Waals surface area contributed by atoms with E-state index in [2.05, 4.69) is 27.5 Å². The summed E-state index contributed by atoms with van der Waals surface area (Å²) in [5.41, 5.74) is 1.22. The summed E-state index contributed by atoms with van der Waals surface area (Å²) in [7, 11) is 0. The Labute approximate surface area is 104 Å². The van der Waals surface area contributed by atoms with Gasteiger partial charge in [-0.1, -0.05) is 12.5 Å². The molecule has 1 saturated heterocycles. The van der Waals surface area contributed by atoms with Gasteiger partial charge in [0.25, 0.3) is 0 Å². The molecule has 0 N–H and O–H groups in total. The van der Waals surface area contributed by atoms with Crippen molar-refractivity contribution in [2.75, 3.05) is 13.1 Å². The predicted octanol–water partition coefficient (Wildman–Crippen LogP) is 3.42. The zero-order valence-electron chi connectivity index (χ0n) is 8.68. The van der Waals surface area contributed by atoms with Crippen LogP contribution in [-0.2, 0) is 6.54 Å². The Bertz CT molecular complexity index is 334. The summed E-state index contributed by atoms with van der Waals surface area (Å²) in [5.74, 6) is -0.113. The molecule has 0 amide bonds. The average molecular weight is 319 g/mol. The molecule has 1 heterocycles. The zero-order valence-corrected chi connectivity index (χ0v) is 10.8. The van der Waals surface area contributed by atoms with E-state index in [-0.39, 0.29) is 5.82 Å². The average Bonchev–Trinajstić information content (AvgIpc) is 2.25. The van der Waals surface area contributed by atoms with Gasteiger partial charge in [0.2, 0.25) is 0 Å². The van der Waals surface area contributed by atoms with E-state index in [1.54, 1.807) is 6.07 Å². The molecular weight excluding hydrogens is 304 g/mol. The van der Waals surface area contributed by atoms with Crippen LogP contribution in [0.1, 0.15) is 24.8 Å². The molecule has 1 aliphatic rings. The van der Waals surface area contributed by atoms with Gasteiger partial charge in [0, 0.05) is 10.1 Å². The number of benzene rings is 1. The Morgan fingerprint density at radius 1 is 1.20 bits per heavy atom. The molecule has 0 unspecified atom stereocenters. The van der Waals surface area contributed by atoms with Crippen LogP contribution in [0.3, 0.4) is 0 Å². The maximum absolute atomic E-state index is 13.1. The number of rotatable bonds is 2. The Hall–Kier alpha value is -0.160. The topological polar surface area (TPSA) is 3.24 Å². The monoisotopic (exact) mass is 319 g/mol. The van der Waals surface area contributed by atoms with Crippen LogP contribution >= 0.6 is 22.6 Å². The standard InChI is InChI=1S/C12H15FIN/c13-11-5-4-10(8-12(11)14)9-15-6-2-1-3-7-15/h4-5,8H,1-3,6-7,9H2. The van der Waals surface area contributed by atoms with Gasteiger partial charge in [-0.3, -0.25) is 4.90 Å². The van der Waals surface area contributed by atoms with Crippen LogP contribution in [0.25, 0.3) is 0 Å². The van der Waals surface area contributed by atoms with Gasteiger partial charge in [0.1, 0.15) is 5.82 Å². The first-order valence-corrected chi connectivity index (χ1v) is 6.50. The van der Waals surface area contributed by atoms with Crippen molar-refractivity contribution in [2.45, 2.75) is 25.8 Å². The van der Waals surface area contributed by atoms with Crippen molar-refractivity contribution in [1.82, 2.24) is 4.90 Å². The van der Waals surface area contributed by atoms with Gasteiger partial charge in [-0.05, 0) is 66.2 Å². The number of hydrogen-bond donors (Lipinski definition) is 0. The summed E-state index contributed by atoms with van der Waals surface area (Å²) in [6.45, 7) is 3.35. The normalized spacial score (nSPS) is 18.0. The highest BCUT2D eigenvalue weighted by molar-refractivity contribution is 14.1. The summed E-state index contributed by atoms with van der Waals surface area (Å²) in [4.78, 5) is 2.45. The van der Waals surface area contributed by atoms with E-state index in [4.69, 9.17) is 0 Å². The Morgan fingerprint density at radius 3 is 2.60 bits per heavy atom. The maximum atomic E-state index is 13.1. The summed E-state index contributed by atoms with van der Waals surface area (Å²) >= 11 is 2.05. The third-order valence-corrected chi connectivity index (χ3v) is 3.67. The summed E-state index contributed by atoms with van der Waals surface area (Å²) < 4.78 is 13.8. The molecule has 0 bridgehead atoms. The number of halogens is 2. The van der Waals surface area contributed by atoms with Crippen LogP contribution in [0.2, 0.25) is 0 Å². The Kier molecular flexibility index (Phi) is 3.97. The Balaban J connectivity index is 2.00. The van der Waals surface area contributed by atoms with Crippen molar-refractivity contribution in [3.63, 3.8) is 0 Å². The predicted molar refractivity (Wildman–Crippen MR) is 68.2 cm³/mol. The van der Waals surface area contributed by atoms with E-state index in [9.17, 15) is 4.39 Å². The molecule has 1 nitrogen and oxygen atoms in total. The van der Waals surface area contributed by atoms with Crippen molar-refractivity contribution in [1.29, 1.82) is 0 Å². The molecule has 0 atom stereocenters. The third kappa shape index (κ3) is 3.14. The van der Waals surface area contributed by atoms with Crippen LogP contribution < -0.4 is 0 Å². The molecule has 0 saturated carbocycles. The largest absolute Gasteiger partial charge is 0.299 e. The summed E-state index contributed by atoms with van der Waals surface area (Å²) in [6.07, 6.45) is 3.97. The molecule has 0 spiro atoms. The van der Waals surface area contributed by atoms with Gasteiger partial charge >= 0.3 is 0 Å². The highest BCUT2D eigenvalue weighted by Crippen LogP contribution is 2.16. The van der Waals surface area contributed by atoms with Crippen LogP contribution in [0.4, 0.5) is 4.39 Å². The van der Waals surface area contributed by atoms with Gasteiger partial charge < -0.3 is 0 Å². The second kappa shape index (κ2) is 5.25. The molecule has 0 aliphatic carbocycles. The van der Waals surface area contributed by atoms with Gasteiger partial charge in [0.05, 0.1) is 0 Å². The fourth-order valence-corrected chi connectivity index (χ4v) is 2.59. The first kappa shape index (κ1) is 11.3. The van der Waals surface area contributed by atoms with Gasteiger partial charge in [-0.25, -0.2) is 4.39 Å². The minimum atomic E-state index is -0.113. The zero-order chi connectivity index (χ0) is 10.7. The second-order valence-corrected chi connectivity index (χ2v) is 5.25. The molecule has 1 aliphatic heterocycles. The fourth-order valence-electron chi connectivity index (χ4n) is 2.01. The van der Waals surface area contributed by atoms with Crippen molar-refractivity contribution >= 4 is 22.6 Å². The lowest BCUT2D eigenvalue weighted by Gasteiger charge is -2.26. The minimum absolute atomic E-state index is 0.113. The molecule has 0 radical (unpaired) electrons. The molecule has 1 aromatic carbocycles. The van der Waals surface area contributed by atoms with Crippen LogP contribution in [-0.4, -0.2) is 18.0 Å². The summed E-state index contributed by atoms with van der Waals surface area (Å²) in [6, 6.07) is 5.41. The van der Waals surface area contributed by atoms with Gasteiger partial charge in [0.15, 0.2) is 0 Å². The maximum Gasteiger partial charge on any atom is 0.136 e. The quantitative estimate of drug-likeness (QED) is 0.755. The lowest BCUT2D eigenvalue weighted by molar-refractivity contribution is 0.221. The molecule has 1 fully saturated rings. The van der Waals surface area contributed by atoms with Gasteiger partial charge in [-0.2, -0.15) is 0 Å². The Morgan fingerprint density at radius 2 is 1.93 bits per heavy atom. The first-order chi connectivity index (χ1) is 7.25. The van der Waals surface area contributed by atoms with Crippen LogP contribution in [0, 0.1) is 9.39 Å². The smallest absolute Gasteiger partial charge is 0.136 e. The fraction of sp³-hybridized carbons (Fsp3) is 0.500. The minimum Gasteiger partial charge on any atom is -0.299 e. The number of nitrogens with zero attached hydrogens (tertiary/aromatic N) is 1. The molecule has 0 aromatic heterocycles. The lowest BCUT2D eigenvalue weighted by Crippen LogP contribution is -2.29. The summed E-state index contributed by atoms with van der Waals surface area (Å²) in [5, 5.41) is 0. The molecule has 15 heavy (non-hydrogen) atoms. The molecular formula is C12H15FIN. The van der Waals surface area contributed by atoms with E-state index in [0.717, 1.165) is 10.1 Å². The SMILES string of the molecule is Fc1ccc(CN2CCCCC2)cc1I. The van der Waals surface area contributed by atoms with Crippen molar-refractivity contribution in [2.24, 2.45) is 0 Å². The van der Waals surface area contributed by atoms with E-state index in [1.165, 1.54) is 37.9 Å². The highest BCUT2D eigenvalue weighted by Gasteiger charge is 2.10. The van der Waals surface area contributed by atoms with Crippen LogP contribution in [0.15, 0.2) is 18.2 Å². The third-order valence-electron chi connectivity index (χ3n) is 2.84. The number of likely N-dealkylation sites (tertiary alicyclic amines) is 1. The molecule has 1 aromatic rings. The van der Waals surface area contributed by atoms with Crippen molar-refractivity contribution < 1.29 is 4.39 Å². The van der Waals surface area contributed by atoms with E-state index >= 15 is 0 Å². The number of piperidine rings is 1. The molecule has 2 rings (SSSR count). The van der Waals surface area contributed by atoms with Crippen LogP contribution in [0.5, 0.6) is 0 Å². The van der Waals surface area contributed by atoms with Crippen molar-refractivity contribution in [3.8, 4) is 0 Å². The number of hydrogen-bond acceptors (Lipinski definition) is 1. The second-order valence-electron chi connectivity index (χ2n) is 4.09. The van der Waals surface area contributed by atoms with E-state index in [0.29, 0.717) is 0 Å². The lowest BCUT2D eigenvalue weighted by atomic mass is 10.1. The molecule has 3 heteroatoms. The molecule has 82 valence electrons.